The highest BCUT2D eigenvalue weighted by Gasteiger charge is 2.28. The lowest BCUT2D eigenvalue weighted by Crippen LogP contribution is -2.35. The van der Waals surface area contributed by atoms with Crippen molar-refractivity contribution in [3.63, 3.8) is 0 Å². The molecular weight excluding hydrogens is 196 g/mol. The van der Waals surface area contributed by atoms with Crippen LogP contribution in [-0.4, -0.2) is 49.9 Å². The molecule has 1 fully saturated rings. The zero-order valence-electron chi connectivity index (χ0n) is 9.23. The lowest BCUT2D eigenvalue weighted by atomic mass is 9.98. The summed E-state index contributed by atoms with van der Waals surface area (Å²) in [5.74, 6) is -0.419. The van der Waals surface area contributed by atoms with Gasteiger partial charge in [0.25, 0.3) is 0 Å². The van der Waals surface area contributed by atoms with Gasteiger partial charge >= 0.3 is 5.97 Å². The Labute approximate surface area is 89.6 Å². The average molecular weight is 214 g/mol. The van der Waals surface area contributed by atoms with Crippen LogP contribution in [0.1, 0.15) is 12.8 Å². The third-order valence-electron chi connectivity index (χ3n) is 2.77. The van der Waals surface area contributed by atoms with Gasteiger partial charge in [0, 0.05) is 18.9 Å². The molecule has 1 heterocycles. The Kier molecular flexibility index (Phi) is 4.23. The Bertz CT molecular complexity index is 255. The van der Waals surface area contributed by atoms with Gasteiger partial charge in [-0.1, -0.05) is 0 Å². The highest BCUT2D eigenvalue weighted by atomic mass is 16.5. The predicted molar refractivity (Wildman–Crippen MR) is 55.2 cm³/mol. The normalized spacial score (nSPS) is 23.8. The molecule has 15 heavy (non-hydrogen) atoms. The minimum atomic E-state index is -0.812. The minimum absolute atomic E-state index is 0.0331. The van der Waals surface area contributed by atoms with Crippen molar-refractivity contribution in [2.45, 2.75) is 18.9 Å². The summed E-state index contributed by atoms with van der Waals surface area (Å²) in [7, 11) is 3.25. The summed E-state index contributed by atoms with van der Waals surface area (Å²) < 4.78 is 4.47. The molecule has 86 valence electrons. The number of rotatable bonds is 4. The molecule has 0 aromatic carbocycles. The maximum Gasteiger partial charge on any atom is 0.323 e. The first-order chi connectivity index (χ1) is 7.04. The average Bonchev–Trinajstić information content (AvgIpc) is 2.63. The lowest BCUT2D eigenvalue weighted by molar-refractivity contribution is -0.143. The minimum Gasteiger partial charge on any atom is -0.468 e. The number of esters is 1. The van der Waals surface area contributed by atoms with Crippen molar-refractivity contribution in [3.8, 4) is 0 Å². The fourth-order valence-electron chi connectivity index (χ4n) is 1.82. The number of ether oxygens (including phenoxy) is 1. The number of hydrogen-bond donors (Lipinski definition) is 1. The molecule has 0 aliphatic carbocycles. The Hall–Kier alpha value is -0.940. The SMILES string of the molecule is COC(=O)C(N)CC(=O)C1CCN(C)C1. The molecule has 0 radical (unpaired) electrons. The molecule has 2 unspecified atom stereocenters. The smallest absolute Gasteiger partial charge is 0.323 e. The monoisotopic (exact) mass is 214 g/mol. The van der Waals surface area contributed by atoms with E-state index in [0.29, 0.717) is 0 Å². The number of nitrogens with two attached hydrogens (primary N) is 1. The lowest BCUT2D eigenvalue weighted by Gasteiger charge is -2.12. The highest BCUT2D eigenvalue weighted by molar-refractivity contribution is 5.88. The van der Waals surface area contributed by atoms with E-state index in [1.54, 1.807) is 0 Å². The van der Waals surface area contributed by atoms with Crippen molar-refractivity contribution in [1.82, 2.24) is 4.90 Å². The Morgan fingerprint density at radius 1 is 1.60 bits per heavy atom. The summed E-state index contributed by atoms with van der Waals surface area (Å²) in [4.78, 5) is 24.8. The maximum absolute atomic E-state index is 11.7. The molecule has 0 aromatic rings. The van der Waals surface area contributed by atoms with Crippen LogP contribution in [0.3, 0.4) is 0 Å². The van der Waals surface area contributed by atoms with Crippen LogP contribution in [0, 0.1) is 5.92 Å². The molecule has 5 nitrogen and oxygen atoms in total. The van der Waals surface area contributed by atoms with Crippen molar-refractivity contribution >= 4 is 11.8 Å². The maximum atomic E-state index is 11.7. The van der Waals surface area contributed by atoms with Crippen LogP contribution in [0.15, 0.2) is 0 Å². The van der Waals surface area contributed by atoms with Crippen LogP contribution in [0.25, 0.3) is 0 Å². The highest BCUT2D eigenvalue weighted by Crippen LogP contribution is 2.17. The Balaban J connectivity index is 2.38. The molecule has 2 atom stereocenters. The number of nitrogens with zero attached hydrogens (tertiary/aromatic N) is 1. The van der Waals surface area contributed by atoms with Crippen LogP contribution in [-0.2, 0) is 14.3 Å². The predicted octanol–water partition coefficient (Wildman–Crippen LogP) is -0.602. The van der Waals surface area contributed by atoms with Gasteiger partial charge in [-0.05, 0) is 20.0 Å². The summed E-state index contributed by atoms with van der Waals surface area (Å²) >= 11 is 0. The largest absolute Gasteiger partial charge is 0.468 e. The van der Waals surface area contributed by atoms with E-state index in [1.165, 1.54) is 7.11 Å². The summed E-state index contributed by atoms with van der Waals surface area (Å²) in [6.45, 7) is 1.70. The molecular formula is C10H18N2O3. The van der Waals surface area contributed by atoms with E-state index in [9.17, 15) is 9.59 Å². The molecule has 0 amide bonds. The Morgan fingerprint density at radius 3 is 2.73 bits per heavy atom. The molecule has 1 rings (SSSR count). The van der Waals surface area contributed by atoms with Gasteiger partial charge in [-0.3, -0.25) is 9.59 Å². The zero-order chi connectivity index (χ0) is 11.4. The fourth-order valence-corrected chi connectivity index (χ4v) is 1.82. The number of methoxy groups -OCH3 is 1. The van der Waals surface area contributed by atoms with Crippen molar-refractivity contribution in [1.29, 1.82) is 0 Å². The number of carbonyl (C=O) groups excluding carboxylic acids is 2. The second-order valence-corrected chi connectivity index (χ2v) is 4.05. The molecule has 1 aliphatic rings. The third kappa shape index (κ3) is 3.28. The van der Waals surface area contributed by atoms with Crippen LogP contribution in [0.2, 0.25) is 0 Å². The topological polar surface area (TPSA) is 72.6 Å². The van der Waals surface area contributed by atoms with E-state index in [1.807, 2.05) is 7.05 Å². The van der Waals surface area contributed by atoms with Crippen molar-refractivity contribution in [2.24, 2.45) is 11.7 Å². The quantitative estimate of drug-likeness (QED) is 0.632. The molecule has 0 aromatic heterocycles. The fraction of sp³-hybridized carbons (Fsp3) is 0.800. The number of carbonyl (C=O) groups is 2. The van der Waals surface area contributed by atoms with Crippen LogP contribution in [0.5, 0.6) is 0 Å². The molecule has 1 saturated heterocycles. The van der Waals surface area contributed by atoms with Crippen molar-refractivity contribution < 1.29 is 14.3 Å². The van der Waals surface area contributed by atoms with Gasteiger partial charge in [-0.25, -0.2) is 0 Å². The van der Waals surface area contributed by atoms with Crippen LogP contribution >= 0.6 is 0 Å². The first-order valence-electron chi connectivity index (χ1n) is 5.09. The van der Waals surface area contributed by atoms with Gasteiger partial charge in [0.2, 0.25) is 0 Å². The molecule has 0 saturated carbocycles. The zero-order valence-corrected chi connectivity index (χ0v) is 9.23. The van der Waals surface area contributed by atoms with Crippen molar-refractivity contribution in [3.05, 3.63) is 0 Å². The van der Waals surface area contributed by atoms with E-state index in [-0.39, 0.29) is 18.1 Å². The Morgan fingerprint density at radius 2 is 2.27 bits per heavy atom. The van der Waals surface area contributed by atoms with Crippen LogP contribution < -0.4 is 5.73 Å². The molecule has 1 aliphatic heterocycles. The summed E-state index contributed by atoms with van der Waals surface area (Å²) in [6, 6.07) is -0.812. The van der Waals surface area contributed by atoms with Crippen LogP contribution in [0.4, 0.5) is 0 Å². The standard InChI is InChI=1S/C10H18N2O3/c1-12-4-3-7(6-12)9(13)5-8(11)10(14)15-2/h7-8H,3-6,11H2,1-2H3. The second kappa shape index (κ2) is 5.23. The van der Waals surface area contributed by atoms with E-state index >= 15 is 0 Å². The van der Waals surface area contributed by atoms with E-state index in [4.69, 9.17) is 5.73 Å². The number of likely N-dealkylation sites (tertiary alicyclic amines) is 1. The summed E-state index contributed by atoms with van der Waals surface area (Å²) in [6.07, 6.45) is 0.953. The van der Waals surface area contributed by atoms with Gasteiger partial charge in [0.1, 0.15) is 11.8 Å². The van der Waals surface area contributed by atoms with Gasteiger partial charge in [0.15, 0.2) is 0 Å². The van der Waals surface area contributed by atoms with E-state index in [2.05, 4.69) is 9.64 Å². The van der Waals surface area contributed by atoms with Gasteiger partial charge in [-0.15, -0.1) is 0 Å². The van der Waals surface area contributed by atoms with Gasteiger partial charge in [0.05, 0.1) is 7.11 Å². The third-order valence-corrected chi connectivity index (χ3v) is 2.77. The number of hydrogen-bond acceptors (Lipinski definition) is 5. The summed E-state index contributed by atoms with van der Waals surface area (Å²) in [5.41, 5.74) is 5.52. The molecule has 5 heteroatoms. The van der Waals surface area contributed by atoms with E-state index in [0.717, 1.165) is 19.5 Å². The molecule has 2 N–H and O–H groups in total. The first-order valence-corrected chi connectivity index (χ1v) is 5.09. The van der Waals surface area contributed by atoms with Gasteiger partial charge < -0.3 is 15.4 Å². The van der Waals surface area contributed by atoms with E-state index < -0.39 is 12.0 Å². The molecule has 0 bridgehead atoms. The molecule has 0 spiro atoms. The second-order valence-electron chi connectivity index (χ2n) is 4.05. The summed E-state index contributed by atoms with van der Waals surface area (Å²) in [5, 5.41) is 0. The number of Topliss-reactive ketones (excluding diaryl/α,β-unsaturated/α-hetero) is 1. The first kappa shape index (κ1) is 12.1. The van der Waals surface area contributed by atoms with Gasteiger partial charge in [-0.2, -0.15) is 0 Å². The van der Waals surface area contributed by atoms with Crippen molar-refractivity contribution in [2.75, 3.05) is 27.2 Å². The number of ketones is 1.